The molecule has 4 N–H and O–H groups in total. The van der Waals surface area contributed by atoms with Crippen LogP contribution in [0.3, 0.4) is 0 Å². The van der Waals surface area contributed by atoms with Gasteiger partial charge in [-0.1, -0.05) is 0 Å². The Bertz CT molecular complexity index is 143. The lowest BCUT2D eigenvalue weighted by molar-refractivity contribution is 0.194. The highest BCUT2D eigenvalue weighted by Gasteiger charge is 2.37. The molecule has 58 valence electrons. The van der Waals surface area contributed by atoms with Crippen molar-refractivity contribution in [2.24, 2.45) is 5.73 Å². The first kappa shape index (κ1) is 7.34. The zero-order chi connectivity index (χ0) is 7.61. The van der Waals surface area contributed by atoms with Crippen LogP contribution in [0, 0.1) is 0 Å². The third-order valence-corrected chi connectivity index (χ3v) is 1.79. The van der Waals surface area contributed by atoms with E-state index >= 15 is 0 Å². The van der Waals surface area contributed by atoms with Gasteiger partial charge in [0.05, 0.1) is 0 Å². The molecular weight excluding hydrogens is 132 g/mol. The van der Waals surface area contributed by atoms with Gasteiger partial charge in [0, 0.05) is 12.1 Å². The van der Waals surface area contributed by atoms with Gasteiger partial charge in [0.2, 0.25) is 0 Å². The van der Waals surface area contributed by atoms with Crippen LogP contribution in [0.25, 0.3) is 0 Å². The number of rotatable bonds is 3. The Morgan fingerprint density at radius 1 is 1.70 bits per heavy atom. The van der Waals surface area contributed by atoms with E-state index < -0.39 is 6.09 Å². The standard InChI is InChI=1S/C6H12N2O2/c7-6(1-2-6)3-4-8-5(9)10/h8H,1-4,7H2,(H,9,10). The lowest BCUT2D eigenvalue weighted by Gasteiger charge is -2.06. The van der Waals surface area contributed by atoms with Crippen LogP contribution in [0.4, 0.5) is 4.79 Å². The number of nitrogens with one attached hydrogen (secondary N) is 1. The minimum atomic E-state index is -0.968. The molecular formula is C6H12N2O2. The van der Waals surface area contributed by atoms with Gasteiger partial charge in [0.1, 0.15) is 0 Å². The molecule has 0 bridgehead atoms. The summed E-state index contributed by atoms with van der Waals surface area (Å²) in [5.41, 5.74) is 5.66. The Hall–Kier alpha value is -0.770. The highest BCUT2D eigenvalue weighted by atomic mass is 16.4. The Kier molecular flexibility index (Phi) is 1.80. The van der Waals surface area contributed by atoms with E-state index in [1.54, 1.807) is 0 Å². The molecule has 10 heavy (non-hydrogen) atoms. The summed E-state index contributed by atoms with van der Waals surface area (Å²) in [7, 11) is 0. The van der Waals surface area contributed by atoms with Crippen molar-refractivity contribution >= 4 is 6.09 Å². The van der Waals surface area contributed by atoms with Crippen LogP contribution in [0.5, 0.6) is 0 Å². The zero-order valence-electron chi connectivity index (χ0n) is 5.76. The second-order valence-corrected chi connectivity index (χ2v) is 2.84. The topological polar surface area (TPSA) is 75.3 Å². The molecule has 4 nitrogen and oxygen atoms in total. The van der Waals surface area contributed by atoms with Crippen molar-refractivity contribution in [3.05, 3.63) is 0 Å². The van der Waals surface area contributed by atoms with Crippen molar-refractivity contribution in [1.29, 1.82) is 0 Å². The van der Waals surface area contributed by atoms with E-state index in [1.807, 2.05) is 0 Å². The molecule has 0 heterocycles. The summed E-state index contributed by atoms with van der Waals surface area (Å²) in [6.45, 7) is 0.478. The first-order valence-electron chi connectivity index (χ1n) is 3.38. The van der Waals surface area contributed by atoms with Crippen LogP contribution in [0.1, 0.15) is 19.3 Å². The predicted molar refractivity (Wildman–Crippen MR) is 36.8 cm³/mol. The lowest BCUT2D eigenvalue weighted by Crippen LogP contribution is -2.30. The minimum absolute atomic E-state index is 0.0392. The molecule has 1 aliphatic rings. The van der Waals surface area contributed by atoms with Crippen LogP contribution in [0.15, 0.2) is 0 Å². The second kappa shape index (κ2) is 2.46. The molecule has 0 unspecified atom stereocenters. The molecule has 0 aliphatic heterocycles. The second-order valence-electron chi connectivity index (χ2n) is 2.84. The fourth-order valence-corrected chi connectivity index (χ4v) is 0.829. The predicted octanol–water partition coefficient (Wildman–Crippen LogP) is 0.135. The van der Waals surface area contributed by atoms with Gasteiger partial charge >= 0.3 is 6.09 Å². The largest absolute Gasteiger partial charge is 0.465 e. The van der Waals surface area contributed by atoms with Gasteiger partial charge < -0.3 is 16.2 Å². The fraction of sp³-hybridized carbons (Fsp3) is 0.833. The highest BCUT2D eigenvalue weighted by molar-refractivity contribution is 5.64. The van der Waals surface area contributed by atoms with Crippen molar-refractivity contribution in [3.63, 3.8) is 0 Å². The molecule has 1 amide bonds. The first-order chi connectivity index (χ1) is 4.62. The molecule has 1 fully saturated rings. The van der Waals surface area contributed by atoms with Crippen LogP contribution in [0.2, 0.25) is 0 Å². The third kappa shape index (κ3) is 2.23. The Balaban J connectivity index is 2.00. The van der Waals surface area contributed by atoms with E-state index in [1.165, 1.54) is 0 Å². The molecule has 0 atom stereocenters. The minimum Gasteiger partial charge on any atom is -0.465 e. The van der Waals surface area contributed by atoms with Gasteiger partial charge in [-0.3, -0.25) is 0 Å². The highest BCUT2D eigenvalue weighted by Crippen LogP contribution is 2.34. The number of carbonyl (C=O) groups is 1. The van der Waals surface area contributed by atoms with Gasteiger partial charge in [0.15, 0.2) is 0 Å². The molecule has 0 saturated heterocycles. The van der Waals surface area contributed by atoms with E-state index in [4.69, 9.17) is 10.8 Å². The van der Waals surface area contributed by atoms with E-state index in [9.17, 15) is 4.79 Å². The van der Waals surface area contributed by atoms with Crippen LogP contribution < -0.4 is 11.1 Å². The summed E-state index contributed by atoms with van der Waals surface area (Å²) >= 11 is 0. The summed E-state index contributed by atoms with van der Waals surface area (Å²) in [4.78, 5) is 9.95. The normalized spacial score (nSPS) is 20.1. The number of amides is 1. The van der Waals surface area contributed by atoms with Gasteiger partial charge in [-0.15, -0.1) is 0 Å². The van der Waals surface area contributed by atoms with Crippen molar-refractivity contribution in [2.45, 2.75) is 24.8 Å². The zero-order valence-corrected chi connectivity index (χ0v) is 5.76. The quantitative estimate of drug-likeness (QED) is 0.527. The number of nitrogens with two attached hydrogens (primary N) is 1. The maximum Gasteiger partial charge on any atom is 0.404 e. The molecule has 0 aromatic carbocycles. The van der Waals surface area contributed by atoms with E-state index in [0.717, 1.165) is 19.3 Å². The summed E-state index contributed by atoms with van der Waals surface area (Å²) in [5.74, 6) is 0. The van der Waals surface area contributed by atoms with E-state index in [2.05, 4.69) is 5.32 Å². The Morgan fingerprint density at radius 2 is 2.30 bits per heavy atom. The number of hydrogen-bond donors (Lipinski definition) is 3. The van der Waals surface area contributed by atoms with Gasteiger partial charge in [-0.05, 0) is 19.3 Å². The average Bonchev–Trinajstić information content (AvgIpc) is 2.47. The van der Waals surface area contributed by atoms with Crippen LogP contribution in [-0.4, -0.2) is 23.3 Å². The maximum absolute atomic E-state index is 9.95. The van der Waals surface area contributed by atoms with Gasteiger partial charge in [0.25, 0.3) is 0 Å². The number of hydrogen-bond acceptors (Lipinski definition) is 2. The van der Waals surface area contributed by atoms with Gasteiger partial charge in [-0.25, -0.2) is 4.79 Å². The third-order valence-electron chi connectivity index (χ3n) is 1.79. The molecule has 0 spiro atoms. The molecule has 0 aromatic heterocycles. The van der Waals surface area contributed by atoms with Crippen molar-refractivity contribution < 1.29 is 9.90 Å². The van der Waals surface area contributed by atoms with Crippen LogP contribution in [-0.2, 0) is 0 Å². The average molecular weight is 144 g/mol. The number of carboxylic acid groups (broad SMARTS) is 1. The van der Waals surface area contributed by atoms with Gasteiger partial charge in [-0.2, -0.15) is 0 Å². The van der Waals surface area contributed by atoms with Crippen molar-refractivity contribution in [2.75, 3.05) is 6.54 Å². The molecule has 4 heteroatoms. The summed E-state index contributed by atoms with van der Waals surface area (Å²) in [6, 6.07) is 0. The van der Waals surface area contributed by atoms with E-state index in [0.29, 0.717) is 6.54 Å². The molecule has 1 saturated carbocycles. The summed E-state index contributed by atoms with van der Waals surface area (Å²) < 4.78 is 0. The van der Waals surface area contributed by atoms with E-state index in [-0.39, 0.29) is 5.54 Å². The first-order valence-corrected chi connectivity index (χ1v) is 3.38. The Morgan fingerprint density at radius 3 is 2.70 bits per heavy atom. The monoisotopic (exact) mass is 144 g/mol. The summed E-state index contributed by atoms with van der Waals surface area (Å²) in [6.07, 6.45) is 1.87. The summed E-state index contributed by atoms with van der Waals surface area (Å²) in [5, 5.41) is 10.5. The van der Waals surface area contributed by atoms with Crippen molar-refractivity contribution in [1.82, 2.24) is 5.32 Å². The fourth-order valence-electron chi connectivity index (χ4n) is 0.829. The SMILES string of the molecule is NC1(CCNC(=O)O)CC1. The Labute approximate surface area is 59.4 Å². The van der Waals surface area contributed by atoms with Crippen molar-refractivity contribution in [3.8, 4) is 0 Å². The van der Waals surface area contributed by atoms with Crippen LogP contribution >= 0.6 is 0 Å². The molecule has 0 radical (unpaired) electrons. The molecule has 1 rings (SSSR count). The smallest absolute Gasteiger partial charge is 0.404 e. The maximum atomic E-state index is 9.95. The molecule has 0 aromatic rings. The lowest BCUT2D eigenvalue weighted by atomic mass is 10.2. The molecule has 1 aliphatic carbocycles.